The zero-order valence-electron chi connectivity index (χ0n) is 58.4. The highest BCUT2D eigenvalue weighted by atomic mass is 32.2. The van der Waals surface area contributed by atoms with Crippen molar-refractivity contribution < 1.29 is 110 Å². The van der Waals surface area contributed by atoms with E-state index in [2.05, 4.69) is 16.0 Å². The van der Waals surface area contributed by atoms with Gasteiger partial charge < -0.3 is 97.0 Å². The number of nitrogens with one attached hydrogen (secondary N) is 3. The molecule has 11 rings (SSSR count). The van der Waals surface area contributed by atoms with Crippen molar-refractivity contribution in [2.24, 2.45) is 0 Å². The third-order valence-electron chi connectivity index (χ3n) is 19.3. The number of rotatable bonds is 28. The average Bonchev–Trinajstić information content (AvgIpc) is 1.56. The maximum atomic E-state index is 14.6. The number of carbonyl (C=O) groups excluding carboxylic acids is 7. The van der Waals surface area contributed by atoms with Crippen LogP contribution in [0.15, 0.2) is 140 Å². The summed E-state index contributed by atoms with van der Waals surface area (Å²) >= 11 is 1.49. The number of aliphatic hydroxyl groups is 1. The van der Waals surface area contributed by atoms with Gasteiger partial charge >= 0.3 is 18.4 Å². The second-order valence-electron chi connectivity index (χ2n) is 25.7. The Hall–Kier alpha value is -8.30. The molecule has 0 saturated carbocycles. The van der Waals surface area contributed by atoms with E-state index >= 15 is 0 Å². The minimum absolute atomic E-state index is 0.135. The number of amides is 5. The van der Waals surface area contributed by atoms with Gasteiger partial charge in [-0.15, -0.1) is 11.8 Å². The number of hydrogen-bond donors (Lipinski definition) is 4. The zero-order valence-corrected chi connectivity index (χ0v) is 59.2. The first kappa shape index (κ1) is 75.8. The summed E-state index contributed by atoms with van der Waals surface area (Å²) in [5.41, 5.74) is 5.88. The lowest BCUT2D eigenvalue weighted by Gasteiger charge is -2.56. The number of carbonyl (C=O) groups is 7. The van der Waals surface area contributed by atoms with Crippen LogP contribution in [0.3, 0.4) is 0 Å². The predicted octanol–water partition coefficient (Wildman–Crippen LogP) is 6.11. The fraction of sp³-hybridized carbons (Fsp3) is 0.500. The Bertz CT molecular complexity index is 3660. The molecule has 5 aromatic carbocycles. The number of likely N-dealkylation sites (N-methyl/N-ethyl adjacent to an activating group) is 1. The molecule has 5 saturated heterocycles. The quantitative estimate of drug-likeness (QED) is 0.0324. The molecule has 554 valence electrons. The normalized spacial score (nSPS) is 28.6. The molecule has 1 aliphatic carbocycles. The highest BCUT2D eigenvalue weighted by Gasteiger charge is 2.63. The van der Waals surface area contributed by atoms with Gasteiger partial charge in [-0.05, 0) is 58.5 Å². The SMILES string of the molecule is CCS[C@@H]1O[C@H](COC(=O)OC2C[C@@H](C(=O)NCC(=O)NC)N(C(=O)CNC(=O)[C@@H]3CC(OC(=O)OC[C@H]4O[C@@H](OC)[C@@H](O)[C@H]5O[C@](C)(OC)[C@@](C)(OC)O[C@@H]54)CN3C(=O)OCC3c4ccccc4-c4ccccc43)C2)[C@@H](OCc2ccccc2)[C@H](OCc2ccccc2)[C@H]1OCc1ccccc1. The Morgan fingerprint density at radius 1 is 0.563 bits per heavy atom. The molecule has 28 nitrogen and oxygen atoms in total. The number of likely N-dealkylation sites (tertiary alicyclic amines) is 2. The molecule has 5 aromatic rings. The summed E-state index contributed by atoms with van der Waals surface area (Å²) in [6, 6.07) is 41.6. The first-order valence-corrected chi connectivity index (χ1v) is 35.3. The van der Waals surface area contributed by atoms with Gasteiger partial charge in [0.15, 0.2) is 6.29 Å². The van der Waals surface area contributed by atoms with Crippen molar-refractivity contribution in [2.75, 3.05) is 80.1 Å². The summed E-state index contributed by atoms with van der Waals surface area (Å²) < 4.78 is 91.5. The largest absolute Gasteiger partial charge is 0.508 e. The van der Waals surface area contributed by atoms with E-state index in [1.807, 2.05) is 146 Å². The maximum Gasteiger partial charge on any atom is 0.508 e. The van der Waals surface area contributed by atoms with Gasteiger partial charge in [0, 0.05) is 47.1 Å². The van der Waals surface area contributed by atoms with Crippen LogP contribution in [0, 0.1) is 0 Å². The van der Waals surface area contributed by atoms with E-state index in [4.69, 9.17) is 71.1 Å². The van der Waals surface area contributed by atoms with Crippen LogP contribution in [-0.4, -0.2) is 233 Å². The maximum absolute atomic E-state index is 14.6. The number of thioether (sulfide) groups is 1. The Labute approximate surface area is 601 Å². The topological polar surface area (TPSA) is 321 Å². The van der Waals surface area contributed by atoms with Crippen LogP contribution in [0.1, 0.15) is 67.3 Å². The van der Waals surface area contributed by atoms with Gasteiger partial charge in [-0.1, -0.05) is 146 Å². The summed E-state index contributed by atoms with van der Waals surface area (Å²) in [4.78, 5) is 100. The van der Waals surface area contributed by atoms with Gasteiger partial charge in [-0.3, -0.25) is 24.1 Å². The Balaban J connectivity index is 0.772. The summed E-state index contributed by atoms with van der Waals surface area (Å²) in [5, 5.41) is 18.8. The van der Waals surface area contributed by atoms with E-state index in [9.17, 15) is 38.7 Å². The number of ether oxygens (including phenoxy) is 15. The number of benzene rings is 5. The van der Waals surface area contributed by atoms with E-state index in [1.54, 1.807) is 13.8 Å². The van der Waals surface area contributed by atoms with Crippen molar-refractivity contribution in [1.29, 1.82) is 0 Å². The minimum atomic E-state index is -1.55. The van der Waals surface area contributed by atoms with Gasteiger partial charge in [-0.25, -0.2) is 14.4 Å². The Morgan fingerprint density at radius 3 is 1.56 bits per heavy atom. The molecular formula is C74H89N5O23S. The number of methoxy groups -OCH3 is 3. The lowest BCUT2D eigenvalue weighted by Crippen LogP contribution is -2.73. The van der Waals surface area contributed by atoms with Crippen LogP contribution in [0.4, 0.5) is 14.4 Å². The van der Waals surface area contributed by atoms with Crippen molar-refractivity contribution in [3.05, 3.63) is 167 Å². The second-order valence-corrected chi connectivity index (χ2v) is 27.1. The van der Waals surface area contributed by atoms with Crippen molar-refractivity contribution >= 4 is 53.8 Å². The fourth-order valence-corrected chi connectivity index (χ4v) is 14.7. The monoisotopic (exact) mass is 1450 g/mol. The lowest BCUT2D eigenvalue weighted by molar-refractivity contribution is -0.479. The minimum Gasteiger partial charge on any atom is -0.448 e. The standard InChI is InChI=1S/C74H89N5O23S/c1-8-103-69-65(93-40-46-26-16-11-17-27-46)64(92-39-45-24-14-10-15-25-45)61(91-38-44-22-12-9-13-23-44)56(100-69)42-95-71(86)97-47-32-54(66(83)76-34-58(80)75-4)78(36-47)59(81)35-77-67(84)55-33-48(37-79(55)70(85)94-41-53-51-30-20-18-28-49(51)50-29-19-21-31-52(50)53)98-72(87)96-43-57-62-63(60(82)68(88-5)99-57)102-74(3,90-7)73(2,89-6)101-62/h9-31,47-48,53-57,60-65,68-69,82H,8,32-43H2,1-7H3,(H,75,80)(H,76,83)(H,77,84)/t47?,48?,54-,55-,56+,57+,60-,61+,62+,63+,64-,65+,68+,69-,73-,74-/m0/s1. The third kappa shape index (κ3) is 17.9. The van der Waals surface area contributed by atoms with Gasteiger partial charge in [-0.2, -0.15) is 0 Å². The van der Waals surface area contributed by atoms with Gasteiger partial charge in [0.1, 0.15) is 98.4 Å². The molecule has 0 aromatic heterocycles. The van der Waals surface area contributed by atoms with E-state index in [1.165, 1.54) is 40.1 Å². The number of hydrogen-bond acceptors (Lipinski definition) is 24. The molecule has 5 fully saturated rings. The molecule has 5 aliphatic heterocycles. The van der Waals surface area contributed by atoms with Crippen molar-refractivity contribution in [1.82, 2.24) is 25.8 Å². The van der Waals surface area contributed by atoms with Crippen LogP contribution >= 0.6 is 11.8 Å². The van der Waals surface area contributed by atoms with E-state index in [0.717, 1.165) is 48.7 Å². The zero-order chi connectivity index (χ0) is 72.8. The molecular weight excluding hydrogens is 1360 g/mol. The molecule has 103 heavy (non-hydrogen) atoms. The third-order valence-corrected chi connectivity index (χ3v) is 20.4. The van der Waals surface area contributed by atoms with Crippen LogP contribution in [0.25, 0.3) is 11.1 Å². The molecule has 0 radical (unpaired) electrons. The summed E-state index contributed by atoms with van der Waals surface area (Å²) in [6.07, 6.45) is -15.5. The van der Waals surface area contributed by atoms with Crippen LogP contribution in [-0.2, 0) is 110 Å². The summed E-state index contributed by atoms with van der Waals surface area (Å²) in [7, 11) is 5.46. The van der Waals surface area contributed by atoms with E-state index < -0.39 is 158 Å². The van der Waals surface area contributed by atoms with Crippen LogP contribution in [0.2, 0.25) is 0 Å². The molecule has 4 N–H and O–H groups in total. The second kappa shape index (κ2) is 35.0. The van der Waals surface area contributed by atoms with Gasteiger partial charge in [0.25, 0.3) is 0 Å². The van der Waals surface area contributed by atoms with Gasteiger partial charge in [0.2, 0.25) is 35.2 Å². The highest BCUT2D eigenvalue weighted by Crippen LogP contribution is 2.46. The number of fused-ring (bicyclic) bond motifs is 4. The van der Waals surface area contributed by atoms with E-state index in [0.29, 0.717) is 5.75 Å². The molecule has 29 heteroatoms. The van der Waals surface area contributed by atoms with Crippen molar-refractivity contribution in [3.8, 4) is 11.1 Å². The molecule has 5 amide bonds. The summed E-state index contributed by atoms with van der Waals surface area (Å²) in [6.45, 7) is 2.71. The number of nitrogens with zero attached hydrogens (tertiary/aromatic N) is 2. The van der Waals surface area contributed by atoms with Crippen molar-refractivity contribution in [2.45, 2.75) is 156 Å². The van der Waals surface area contributed by atoms with Crippen molar-refractivity contribution in [3.63, 3.8) is 0 Å². The molecule has 0 bridgehead atoms. The van der Waals surface area contributed by atoms with Crippen LogP contribution < -0.4 is 16.0 Å². The average molecular weight is 1450 g/mol. The Morgan fingerprint density at radius 2 is 1.04 bits per heavy atom. The first-order valence-electron chi connectivity index (χ1n) is 34.2. The Kier molecular flexibility index (Phi) is 25.8. The molecule has 2 unspecified atom stereocenters. The van der Waals surface area contributed by atoms with Crippen LogP contribution in [0.5, 0.6) is 0 Å². The molecule has 0 spiro atoms. The molecule has 5 heterocycles. The van der Waals surface area contributed by atoms with E-state index in [-0.39, 0.29) is 64.9 Å². The molecule has 6 aliphatic rings. The highest BCUT2D eigenvalue weighted by molar-refractivity contribution is 7.99. The fourth-order valence-electron chi connectivity index (χ4n) is 13.7. The first-order chi connectivity index (χ1) is 49.8. The molecule has 16 atom stereocenters. The predicted molar refractivity (Wildman–Crippen MR) is 367 cm³/mol. The summed E-state index contributed by atoms with van der Waals surface area (Å²) in [5.74, 6) is -5.79. The smallest absolute Gasteiger partial charge is 0.448 e. The van der Waals surface area contributed by atoms with Gasteiger partial charge in [0.05, 0.1) is 46.0 Å². The number of aliphatic hydroxyl groups excluding tert-OH is 1. The lowest BCUT2D eigenvalue weighted by atomic mass is 9.94.